The molecule has 1 saturated heterocycles. The Hall–Kier alpha value is -0.420. The van der Waals surface area contributed by atoms with Crippen molar-refractivity contribution in [1.29, 1.82) is 0 Å². The smallest absolute Gasteiger partial charge is 0.222 e. The average Bonchev–Trinajstić information content (AvgIpc) is 2.29. The summed E-state index contributed by atoms with van der Waals surface area (Å²) >= 11 is 0. The van der Waals surface area contributed by atoms with Gasteiger partial charge in [-0.1, -0.05) is 12.8 Å². The van der Waals surface area contributed by atoms with Gasteiger partial charge in [0.15, 0.2) is 0 Å². The molecule has 0 aliphatic carbocycles. The molecular formula is C11H22N2O2S. The summed E-state index contributed by atoms with van der Waals surface area (Å²) in [4.78, 5) is 13.6. The van der Waals surface area contributed by atoms with Crippen LogP contribution >= 0.6 is 0 Å². The van der Waals surface area contributed by atoms with E-state index in [1.807, 2.05) is 4.90 Å². The van der Waals surface area contributed by atoms with Gasteiger partial charge in [0, 0.05) is 41.8 Å². The summed E-state index contributed by atoms with van der Waals surface area (Å²) in [5.41, 5.74) is 5.40. The quantitative estimate of drug-likeness (QED) is 0.694. The number of unbranched alkanes of at least 4 members (excludes halogenated alkanes) is 3. The third kappa shape index (κ3) is 5.07. The van der Waals surface area contributed by atoms with E-state index in [0.29, 0.717) is 31.0 Å². The van der Waals surface area contributed by atoms with Crippen LogP contribution in [0.5, 0.6) is 0 Å². The molecule has 2 N–H and O–H groups in total. The highest BCUT2D eigenvalue weighted by Crippen LogP contribution is 2.07. The summed E-state index contributed by atoms with van der Waals surface area (Å²) in [6.07, 6.45) is 4.85. The molecule has 5 heteroatoms. The Morgan fingerprint density at radius 1 is 1.12 bits per heavy atom. The number of hydrogen-bond donors (Lipinski definition) is 1. The van der Waals surface area contributed by atoms with Crippen molar-refractivity contribution in [2.45, 2.75) is 32.1 Å². The van der Waals surface area contributed by atoms with Gasteiger partial charge in [0.05, 0.1) is 0 Å². The minimum atomic E-state index is -0.695. The zero-order valence-corrected chi connectivity index (χ0v) is 10.6. The van der Waals surface area contributed by atoms with Crippen molar-refractivity contribution in [3.8, 4) is 0 Å². The van der Waals surface area contributed by atoms with Gasteiger partial charge >= 0.3 is 0 Å². The summed E-state index contributed by atoms with van der Waals surface area (Å²) in [6.45, 7) is 2.09. The number of carbonyl (C=O) groups excluding carboxylic acids is 1. The van der Waals surface area contributed by atoms with E-state index in [0.717, 1.165) is 32.2 Å². The SMILES string of the molecule is NCCCCCCC(=O)N1CCS(=O)CC1. The van der Waals surface area contributed by atoms with Gasteiger partial charge in [-0.05, 0) is 19.4 Å². The summed E-state index contributed by atoms with van der Waals surface area (Å²) in [6, 6.07) is 0. The van der Waals surface area contributed by atoms with Gasteiger partial charge in [-0.15, -0.1) is 0 Å². The number of carbonyl (C=O) groups is 1. The van der Waals surface area contributed by atoms with Crippen molar-refractivity contribution in [3.05, 3.63) is 0 Å². The van der Waals surface area contributed by atoms with E-state index in [1.165, 1.54) is 0 Å². The summed E-state index contributed by atoms with van der Waals surface area (Å²) in [5, 5.41) is 0. The zero-order chi connectivity index (χ0) is 11.8. The predicted octanol–water partition coefficient (Wildman–Crippen LogP) is 0.486. The Morgan fingerprint density at radius 2 is 1.75 bits per heavy atom. The zero-order valence-electron chi connectivity index (χ0n) is 9.82. The predicted molar refractivity (Wildman–Crippen MR) is 66.6 cm³/mol. The molecule has 0 aromatic carbocycles. The fourth-order valence-electron chi connectivity index (χ4n) is 1.82. The fourth-order valence-corrected chi connectivity index (χ4v) is 2.87. The molecule has 1 rings (SSSR count). The number of hydrogen-bond acceptors (Lipinski definition) is 3. The number of amides is 1. The van der Waals surface area contributed by atoms with Crippen LogP contribution in [0, 0.1) is 0 Å². The molecule has 0 spiro atoms. The van der Waals surface area contributed by atoms with Crippen molar-refractivity contribution in [2.24, 2.45) is 5.73 Å². The molecule has 0 aromatic rings. The Labute approximate surface area is 100 Å². The first-order valence-corrected chi connectivity index (χ1v) is 7.55. The lowest BCUT2D eigenvalue weighted by atomic mass is 10.1. The second-order valence-corrected chi connectivity index (χ2v) is 5.88. The maximum absolute atomic E-state index is 11.7. The van der Waals surface area contributed by atoms with Crippen LogP contribution in [0.1, 0.15) is 32.1 Å². The van der Waals surface area contributed by atoms with Gasteiger partial charge in [0.25, 0.3) is 0 Å². The van der Waals surface area contributed by atoms with Gasteiger partial charge in [0.2, 0.25) is 5.91 Å². The van der Waals surface area contributed by atoms with Crippen molar-refractivity contribution in [1.82, 2.24) is 4.90 Å². The third-order valence-corrected chi connectivity index (χ3v) is 4.15. The lowest BCUT2D eigenvalue weighted by Crippen LogP contribution is -2.41. The molecule has 0 atom stereocenters. The maximum Gasteiger partial charge on any atom is 0.222 e. The molecule has 1 aliphatic heterocycles. The highest BCUT2D eigenvalue weighted by molar-refractivity contribution is 7.85. The lowest BCUT2D eigenvalue weighted by molar-refractivity contribution is -0.130. The Bertz CT molecular complexity index is 236. The van der Waals surface area contributed by atoms with E-state index in [1.54, 1.807) is 0 Å². The molecule has 4 nitrogen and oxygen atoms in total. The second kappa shape index (κ2) is 7.79. The molecule has 0 aromatic heterocycles. The van der Waals surface area contributed by atoms with Gasteiger partial charge < -0.3 is 10.6 Å². The second-order valence-electron chi connectivity index (χ2n) is 4.18. The Balaban J connectivity index is 2.08. The van der Waals surface area contributed by atoms with Crippen LogP contribution in [0.2, 0.25) is 0 Å². The molecule has 1 fully saturated rings. The van der Waals surface area contributed by atoms with Crippen LogP contribution in [0.3, 0.4) is 0 Å². The molecule has 0 saturated carbocycles. The van der Waals surface area contributed by atoms with E-state index in [-0.39, 0.29) is 5.91 Å². The molecular weight excluding hydrogens is 224 g/mol. The van der Waals surface area contributed by atoms with Crippen LogP contribution < -0.4 is 5.73 Å². The standard InChI is InChI=1S/C11H22N2O2S/c12-6-4-2-1-3-5-11(14)13-7-9-16(15)10-8-13/h1-10,12H2. The first-order valence-electron chi connectivity index (χ1n) is 6.07. The molecule has 0 unspecified atom stereocenters. The normalized spacial score (nSPS) is 17.7. The van der Waals surface area contributed by atoms with Gasteiger partial charge in [-0.25, -0.2) is 0 Å². The molecule has 1 aliphatic rings. The highest BCUT2D eigenvalue weighted by atomic mass is 32.2. The third-order valence-electron chi connectivity index (χ3n) is 2.88. The summed E-state index contributed by atoms with van der Waals surface area (Å²) in [5.74, 6) is 1.53. The van der Waals surface area contributed by atoms with E-state index in [2.05, 4.69) is 0 Å². The van der Waals surface area contributed by atoms with Crippen LogP contribution in [0.4, 0.5) is 0 Å². The molecule has 1 heterocycles. The van der Waals surface area contributed by atoms with Crippen molar-refractivity contribution < 1.29 is 9.00 Å². The minimum absolute atomic E-state index is 0.226. The molecule has 0 radical (unpaired) electrons. The lowest BCUT2D eigenvalue weighted by Gasteiger charge is -2.26. The maximum atomic E-state index is 11.7. The first kappa shape index (κ1) is 13.6. The van der Waals surface area contributed by atoms with Crippen LogP contribution in [0.25, 0.3) is 0 Å². The number of rotatable bonds is 6. The monoisotopic (exact) mass is 246 g/mol. The van der Waals surface area contributed by atoms with Crippen molar-refractivity contribution in [2.75, 3.05) is 31.1 Å². The van der Waals surface area contributed by atoms with Gasteiger partial charge in [-0.2, -0.15) is 0 Å². The highest BCUT2D eigenvalue weighted by Gasteiger charge is 2.19. The van der Waals surface area contributed by atoms with Crippen LogP contribution in [-0.4, -0.2) is 46.2 Å². The average molecular weight is 246 g/mol. The summed E-state index contributed by atoms with van der Waals surface area (Å²) < 4.78 is 11.1. The van der Waals surface area contributed by atoms with Crippen molar-refractivity contribution in [3.63, 3.8) is 0 Å². The van der Waals surface area contributed by atoms with Gasteiger partial charge in [0.1, 0.15) is 0 Å². The van der Waals surface area contributed by atoms with E-state index in [4.69, 9.17) is 5.73 Å². The Kier molecular flexibility index (Phi) is 6.64. The number of nitrogens with two attached hydrogens (primary N) is 1. The minimum Gasteiger partial charge on any atom is -0.341 e. The topological polar surface area (TPSA) is 63.4 Å². The molecule has 0 bridgehead atoms. The molecule has 16 heavy (non-hydrogen) atoms. The largest absolute Gasteiger partial charge is 0.341 e. The van der Waals surface area contributed by atoms with Gasteiger partial charge in [-0.3, -0.25) is 9.00 Å². The van der Waals surface area contributed by atoms with Crippen molar-refractivity contribution >= 4 is 16.7 Å². The van der Waals surface area contributed by atoms with E-state index in [9.17, 15) is 9.00 Å². The molecule has 94 valence electrons. The molecule has 1 amide bonds. The van der Waals surface area contributed by atoms with Crippen LogP contribution in [-0.2, 0) is 15.6 Å². The first-order chi connectivity index (χ1) is 7.74. The van der Waals surface area contributed by atoms with E-state index < -0.39 is 10.8 Å². The van der Waals surface area contributed by atoms with E-state index >= 15 is 0 Å². The number of nitrogens with zero attached hydrogens (tertiary/aromatic N) is 1. The van der Waals surface area contributed by atoms with Crippen LogP contribution in [0.15, 0.2) is 0 Å². The Morgan fingerprint density at radius 3 is 2.38 bits per heavy atom. The fraction of sp³-hybridized carbons (Fsp3) is 0.909. The summed E-state index contributed by atoms with van der Waals surface area (Å²) in [7, 11) is -0.695.